The molecule has 1 aliphatic rings. The summed E-state index contributed by atoms with van der Waals surface area (Å²) in [7, 11) is 4.75. The summed E-state index contributed by atoms with van der Waals surface area (Å²) in [4.78, 5) is 29.6. The fraction of sp³-hybridized carbons (Fsp3) is 0.267. The molecule has 4 aromatic rings. The summed E-state index contributed by atoms with van der Waals surface area (Å²) in [5.74, 6) is 1.39. The predicted octanol–water partition coefficient (Wildman–Crippen LogP) is 4.40. The average molecular weight is 514 g/mol. The average Bonchev–Trinajstić information content (AvgIpc) is 3.32. The van der Waals surface area contributed by atoms with Crippen molar-refractivity contribution in [3.63, 3.8) is 0 Å². The molecular formula is C30H31N3O5. The van der Waals surface area contributed by atoms with Crippen molar-refractivity contribution in [3.8, 4) is 17.2 Å². The zero-order valence-electron chi connectivity index (χ0n) is 22.0. The molecule has 2 heterocycles. The highest BCUT2D eigenvalue weighted by Gasteiger charge is 2.47. The second-order valence-electron chi connectivity index (χ2n) is 9.52. The van der Waals surface area contributed by atoms with Gasteiger partial charge in [0.15, 0.2) is 11.5 Å². The van der Waals surface area contributed by atoms with E-state index in [4.69, 9.17) is 14.2 Å². The molecule has 1 aliphatic heterocycles. The predicted molar refractivity (Wildman–Crippen MR) is 145 cm³/mol. The first-order valence-electron chi connectivity index (χ1n) is 12.4. The number of nitrogens with zero attached hydrogens (tertiary/aromatic N) is 2. The third-order valence-corrected chi connectivity index (χ3v) is 7.25. The molecule has 1 aromatic heterocycles. The van der Waals surface area contributed by atoms with Crippen molar-refractivity contribution in [2.24, 2.45) is 0 Å². The molecule has 38 heavy (non-hydrogen) atoms. The lowest BCUT2D eigenvalue weighted by molar-refractivity contribution is -0.133. The van der Waals surface area contributed by atoms with Gasteiger partial charge in [-0.2, -0.15) is 0 Å². The zero-order chi connectivity index (χ0) is 26.9. The standard InChI is InChI=1S/C30H31N3O5/c1-30(29(35)31-17-22-10-6-8-12-25(22)36-2)19-32-23-11-7-5-9-21(23)16-24(32)28(34)33(30)18-20-13-14-26(37-3)27(15-20)38-4/h5-16H,17-19H2,1-4H3,(H,31,35). The van der Waals surface area contributed by atoms with Crippen molar-refractivity contribution >= 4 is 22.7 Å². The number of carbonyl (C=O) groups excluding carboxylic acids is 2. The van der Waals surface area contributed by atoms with Gasteiger partial charge in [0, 0.05) is 29.6 Å². The van der Waals surface area contributed by atoms with E-state index >= 15 is 0 Å². The van der Waals surface area contributed by atoms with E-state index in [1.807, 2.05) is 78.2 Å². The number of amides is 2. The maximum absolute atomic E-state index is 14.0. The molecule has 8 heteroatoms. The second-order valence-corrected chi connectivity index (χ2v) is 9.52. The van der Waals surface area contributed by atoms with E-state index in [-0.39, 0.29) is 24.9 Å². The molecule has 1 unspecified atom stereocenters. The molecule has 0 fully saturated rings. The van der Waals surface area contributed by atoms with E-state index in [2.05, 4.69) is 5.32 Å². The van der Waals surface area contributed by atoms with E-state index in [1.165, 1.54) is 0 Å². The molecule has 8 nitrogen and oxygen atoms in total. The Morgan fingerprint density at radius 3 is 2.37 bits per heavy atom. The van der Waals surface area contributed by atoms with Crippen molar-refractivity contribution in [2.75, 3.05) is 21.3 Å². The third-order valence-electron chi connectivity index (χ3n) is 7.25. The van der Waals surface area contributed by atoms with Gasteiger partial charge in [-0.05, 0) is 42.8 Å². The summed E-state index contributed by atoms with van der Waals surface area (Å²) in [5.41, 5.74) is 1.99. The molecule has 0 saturated carbocycles. The van der Waals surface area contributed by atoms with Gasteiger partial charge in [0.05, 0.1) is 27.9 Å². The molecule has 1 atom stereocenters. The first-order chi connectivity index (χ1) is 18.4. The maximum Gasteiger partial charge on any atom is 0.271 e. The highest BCUT2D eigenvalue weighted by atomic mass is 16.5. The number of rotatable bonds is 8. The monoisotopic (exact) mass is 513 g/mol. The number of para-hydroxylation sites is 2. The van der Waals surface area contributed by atoms with Crippen molar-refractivity contribution in [2.45, 2.75) is 32.1 Å². The molecule has 0 spiro atoms. The Morgan fingerprint density at radius 1 is 0.895 bits per heavy atom. The molecule has 3 aromatic carbocycles. The SMILES string of the molecule is COc1ccccc1CNC(=O)C1(C)Cn2c(cc3ccccc32)C(=O)N1Cc1ccc(OC)c(OC)c1. The van der Waals surface area contributed by atoms with Crippen LogP contribution in [-0.2, 0) is 24.4 Å². The number of benzene rings is 3. The summed E-state index contributed by atoms with van der Waals surface area (Å²) in [6, 6.07) is 22.8. The lowest BCUT2D eigenvalue weighted by Gasteiger charge is -2.44. The van der Waals surface area contributed by atoms with E-state index in [9.17, 15) is 9.59 Å². The van der Waals surface area contributed by atoms with E-state index < -0.39 is 5.54 Å². The van der Waals surface area contributed by atoms with Crippen molar-refractivity contribution < 1.29 is 23.8 Å². The summed E-state index contributed by atoms with van der Waals surface area (Å²) in [6.07, 6.45) is 0. The minimum absolute atomic E-state index is 0.211. The number of hydrogen-bond donors (Lipinski definition) is 1. The van der Waals surface area contributed by atoms with Crippen LogP contribution in [0.15, 0.2) is 72.8 Å². The Bertz CT molecular complexity index is 1510. The summed E-state index contributed by atoms with van der Waals surface area (Å²) in [5, 5.41) is 4.02. The van der Waals surface area contributed by atoms with Crippen LogP contribution in [0.5, 0.6) is 17.2 Å². The van der Waals surface area contributed by atoms with Crippen LogP contribution >= 0.6 is 0 Å². The molecule has 0 bridgehead atoms. The van der Waals surface area contributed by atoms with Gasteiger partial charge in [0.25, 0.3) is 5.91 Å². The number of hydrogen-bond acceptors (Lipinski definition) is 5. The third kappa shape index (κ3) is 4.32. The van der Waals surface area contributed by atoms with Crippen LogP contribution < -0.4 is 19.5 Å². The lowest BCUT2D eigenvalue weighted by Crippen LogP contribution is -2.63. The van der Waals surface area contributed by atoms with E-state index in [0.29, 0.717) is 29.5 Å². The van der Waals surface area contributed by atoms with Crippen molar-refractivity contribution in [1.29, 1.82) is 0 Å². The van der Waals surface area contributed by atoms with Crippen LogP contribution in [0.3, 0.4) is 0 Å². The molecule has 0 saturated heterocycles. The van der Waals surface area contributed by atoms with Gasteiger partial charge in [-0.15, -0.1) is 0 Å². The van der Waals surface area contributed by atoms with Gasteiger partial charge in [0.2, 0.25) is 5.91 Å². The zero-order valence-corrected chi connectivity index (χ0v) is 22.0. The summed E-state index contributed by atoms with van der Waals surface area (Å²) in [6.45, 7) is 2.63. The number of nitrogens with one attached hydrogen (secondary N) is 1. The van der Waals surface area contributed by atoms with Crippen LogP contribution in [0, 0.1) is 0 Å². The van der Waals surface area contributed by atoms with Gasteiger partial charge in [0.1, 0.15) is 17.0 Å². The smallest absolute Gasteiger partial charge is 0.271 e. The van der Waals surface area contributed by atoms with Gasteiger partial charge < -0.3 is 29.0 Å². The Kier molecular flexibility index (Phi) is 6.72. The normalized spacial score (nSPS) is 16.7. The van der Waals surface area contributed by atoms with Gasteiger partial charge >= 0.3 is 0 Å². The molecule has 2 amide bonds. The number of ether oxygens (including phenoxy) is 3. The Labute approximate surface area is 221 Å². The number of methoxy groups -OCH3 is 3. The highest BCUT2D eigenvalue weighted by Crippen LogP contribution is 2.35. The Morgan fingerprint density at radius 2 is 1.61 bits per heavy atom. The molecule has 0 aliphatic carbocycles. The van der Waals surface area contributed by atoms with Gasteiger partial charge in [-0.3, -0.25) is 9.59 Å². The number of aromatic nitrogens is 1. The fourth-order valence-electron chi connectivity index (χ4n) is 5.13. The van der Waals surface area contributed by atoms with Gasteiger partial charge in [-0.1, -0.05) is 42.5 Å². The topological polar surface area (TPSA) is 82.0 Å². The molecular weight excluding hydrogens is 482 g/mol. The number of fused-ring (bicyclic) bond motifs is 3. The lowest BCUT2D eigenvalue weighted by atomic mass is 9.93. The summed E-state index contributed by atoms with van der Waals surface area (Å²) >= 11 is 0. The second kappa shape index (κ2) is 10.1. The maximum atomic E-state index is 14.0. The fourth-order valence-corrected chi connectivity index (χ4v) is 5.13. The highest BCUT2D eigenvalue weighted by molar-refractivity contribution is 6.03. The first-order valence-corrected chi connectivity index (χ1v) is 12.4. The quantitative estimate of drug-likeness (QED) is 0.378. The van der Waals surface area contributed by atoms with Crippen molar-refractivity contribution in [3.05, 3.63) is 89.6 Å². The van der Waals surface area contributed by atoms with Crippen LogP contribution in [0.1, 0.15) is 28.5 Å². The van der Waals surface area contributed by atoms with Crippen LogP contribution in [0.4, 0.5) is 0 Å². The minimum Gasteiger partial charge on any atom is -0.496 e. The van der Waals surface area contributed by atoms with Crippen LogP contribution in [-0.4, -0.2) is 48.1 Å². The first kappa shape index (κ1) is 25.2. The molecule has 1 N–H and O–H groups in total. The van der Waals surface area contributed by atoms with E-state index in [1.54, 1.807) is 32.3 Å². The molecule has 0 radical (unpaired) electrons. The molecule has 196 valence electrons. The Hall–Kier alpha value is -4.46. The van der Waals surface area contributed by atoms with Gasteiger partial charge in [-0.25, -0.2) is 0 Å². The van der Waals surface area contributed by atoms with Crippen molar-refractivity contribution in [1.82, 2.24) is 14.8 Å². The molecule has 5 rings (SSSR count). The van der Waals surface area contributed by atoms with Crippen LogP contribution in [0.25, 0.3) is 10.9 Å². The van der Waals surface area contributed by atoms with Crippen LogP contribution in [0.2, 0.25) is 0 Å². The number of carbonyl (C=O) groups is 2. The Balaban J connectivity index is 1.53. The summed E-state index contributed by atoms with van der Waals surface area (Å²) < 4.78 is 18.2. The largest absolute Gasteiger partial charge is 0.496 e. The minimum atomic E-state index is -1.17. The van der Waals surface area contributed by atoms with E-state index in [0.717, 1.165) is 22.0 Å².